The second kappa shape index (κ2) is 8.94. The summed E-state index contributed by atoms with van der Waals surface area (Å²) in [5, 5.41) is 5.16. The van der Waals surface area contributed by atoms with E-state index in [-0.39, 0.29) is 30.7 Å². The van der Waals surface area contributed by atoms with Gasteiger partial charge in [-0.15, -0.1) is 0 Å². The van der Waals surface area contributed by atoms with Crippen LogP contribution in [0.2, 0.25) is 0 Å². The summed E-state index contributed by atoms with van der Waals surface area (Å²) < 4.78 is 12.8. The minimum absolute atomic E-state index is 0.130. The predicted octanol–water partition coefficient (Wildman–Crippen LogP) is 2.32. The van der Waals surface area contributed by atoms with E-state index in [0.717, 1.165) is 5.56 Å². The molecule has 2 amide bonds. The number of anilines is 1. The summed E-state index contributed by atoms with van der Waals surface area (Å²) in [6, 6.07) is 13.6. The van der Waals surface area contributed by atoms with Gasteiger partial charge in [-0.05, 0) is 43.8 Å². The zero-order chi connectivity index (χ0) is 18.2. The van der Waals surface area contributed by atoms with Gasteiger partial charge in [0.15, 0.2) is 0 Å². The number of benzene rings is 2. The van der Waals surface area contributed by atoms with Gasteiger partial charge in [-0.2, -0.15) is 0 Å². The molecule has 2 rings (SSSR count). The van der Waals surface area contributed by atoms with Crippen molar-refractivity contribution in [2.24, 2.45) is 0 Å². The number of carbonyl (C=O) groups excluding carboxylic acids is 2. The number of hydrogen-bond donors (Lipinski definition) is 2. The molecule has 0 saturated heterocycles. The van der Waals surface area contributed by atoms with Crippen LogP contribution >= 0.6 is 0 Å². The van der Waals surface area contributed by atoms with Crippen molar-refractivity contribution < 1.29 is 14.0 Å². The highest BCUT2D eigenvalue weighted by atomic mass is 19.1. The second-order valence-corrected chi connectivity index (χ2v) is 5.99. The van der Waals surface area contributed by atoms with Crippen LogP contribution in [0.3, 0.4) is 0 Å². The molecular weight excluding hydrogens is 321 g/mol. The Morgan fingerprint density at radius 1 is 1.00 bits per heavy atom. The molecule has 0 spiro atoms. The summed E-state index contributed by atoms with van der Waals surface area (Å²) in [6.07, 6.45) is 0. The molecule has 0 aliphatic heterocycles. The number of likely N-dealkylation sites (N-methyl/N-ethyl adjacent to an activating group) is 1. The third kappa shape index (κ3) is 6.73. The van der Waals surface area contributed by atoms with E-state index in [1.54, 1.807) is 0 Å². The Labute approximate surface area is 146 Å². The molecule has 0 bridgehead atoms. The zero-order valence-electron chi connectivity index (χ0n) is 14.4. The van der Waals surface area contributed by atoms with Crippen molar-refractivity contribution in [3.05, 3.63) is 65.5 Å². The van der Waals surface area contributed by atoms with E-state index in [1.165, 1.54) is 29.8 Å². The van der Waals surface area contributed by atoms with Crippen molar-refractivity contribution in [3.8, 4) is 0 Å². The summed E-state index contributed by atoms with van der Waals surface area (Å²) in [5.41, 5.74) is 2.79. The van der Waals surface area contributed by atoms with Crippen LogP contribution in [0.5, 0.6) is 0 Å². The van der Waals surface area contributed by atoms with Crippen molar-refractivity contribution in [2.75, 3.05) is 25.5 Å². The molecule has 0 radical (unpaired) electrons. The third-order valence-electron chi connectivity index (χ3n) is 3.56. The number of rotatable bonds is 7. The molecule has 2 aromatic rings. The molecule has 0 aliphatic rings. The Kier molecular flexibility index (Phi) is 6.65. The average Bonchev–Trinajstić information content (AvgIpc) is 2.57. The van der Waals surface area contributed by atoms with E-state index in [9.17, 15) is 14.0 Å². The number of carbonyl (C=O) groups is 2. The minimum Gasteiger partial charge on any atom is -0.346 e. The van der Waals surface area contributed by atoms with Crippen LogP contribution in [0.25, 0.3) is 0 Å². The molecule has 0 aliphatic carbocycles. The predicted molar refractivity (Wildman–Crippen MR) is 95.6 cm³/mol. The van der Waals surface area contributed by atoms with Crippen LogP contribution in [0.4, 0.5) is 10.1 Å². The maximum Gasteiger partial charge on any atom is 0.243 e. The quantitative estimate of drug-likeness (QED) is 0.811. The van der Waals surface area contributed by atoms with Crippen molar-refractivity contribution in [2.45, 2.75) is 13.5 Å². The largest absolute Gasteiger partial charge is 0.346 e. The number of hydrogen-bond acceptors (Lipinski definition) is 3. The first kappa shape index (κ1) is 18.6. The topological polar surface area (TPSA) is 61.4 Å². The molecule has 0 aromatic heterocycles. The second-order valence-electron chi connectivity index (χ2n) is 5.99. The third-order valence-corrected chi connectivity index (χ3v) is 3.56. The molecule has 0 heterocycles. The molecule has 2 N–H and O–H groups in total. The van der Waals surface area contributed by atoms with Crippen molar-refractivity contribution in [3.63, 3.8) is 0 Å². The summed E-state index contributed by atoms with van der Waals surface area (Å²) in [5.74, 6) is -0.965. The van der Waals surface area contributed by atoms with Gasteiger partial charge < -0.3 is 10.6 Å². The van der Waals surface area contributed by atoms with E-state index < -0.39 is 0 Å². The average molecular weight is 343 g/mol. The maximum atomic E-state index is 12.8. The number of halogens is 1. The van der Waals surface area contributed by atoms with E-state index in [1.807, 2.05) is 43.1 Å². The Bertz CT molecular complexity index is 714. The van der Waals surface area contributed by atoms with Crippen molar-refractivity contribution >= 4 is 17.5 Å². The normalized spacial score (nSPS) is 10.6. The highest BCUT2D eigenvalue weighted by Crippen LogP contribution is 2.08. The van der Waals surface area contributed by atoms with Gasteiger partial charge in [-0.1, -0.05) is 29.8 Å². The van der Waals surface area contributed by atoms with Crippen LogP contribution in [0.15, 0.2) is 48.5 Å². The molecule has 25 heavy (non-hydrogen) atoms. The lowest BCUT2D eigenvalue weighted by Gasteiger charge is -2.16. The number of nitrogens with one attached hydrogen (secondary N) is 2. The van der Waals surface area contributed by atoms with Gasteiger partial charge >= 0.3 is 0 Å². The first-order valence-electron chi connectivity index (χ1n) is 7.98. The monoisotopic (exact) mass is 343 g/mol. The molecule has 6 heteroatoms. The highest BCUT2D eigenvalue weighted by molar-refractivity contribution is 5.94. The summed E-state index contributed by atoms with van der Waals surface area (Å²) >= 11 is 0. The van der Waals surface area contributed by atoms with Gasteiger partial charge in [0, 0.05) is 12.2 Å². The molecule has 0 saturated carbocycles. The van der Waals surface area contributed by atoms with Crippen molar-refractivity contribution in [1.29, 1.82) is 0 Å². The van der Waals surface area contributed by atoms with Gasteiger partial charge in [-0.25, -0.2) is 4.39 Å². The zero-order valence-corrected chi connectivity index (χ0v) is 14.4. The summed E-state index contributed by atoms with van der Waals surface area (Å²) in [4.78, 5) is 25.6. The van der Waals surface area contributed by atoms with E-state index >= 15 is 0 Å². The van der Waals surface area contributed by atoms with E-state index in [2.05, 4.69) is 10.6 Å². The Morgan fingerprint density at radius 3 is 2.28 bits per heavy atom. The van der Waals surface area contributed by atoms with Gasteiger partial charge in [-0.3, -0.25) is 14.5 Å². The van der Waals surface area contributed by atoms with Crippen LogP contribution in [-0.4, -0.2) is 36.9 Å². The molecule has 5 nitrogen and oxygen atoms in total. The van der Waals surface area contributed by atoms with Crippen LogP contribution in [-0.2, 0) is 16.1 Å². The smallest absolute Gasteiger partial charge is 0.243 e. The first-order chi connectivity index (χ1) is 11.9. The first-order valence-corrected chi connectivity index (χ1v) is 7.98. The molecule has 0 atom stereocenters. The number of amides is 2. The lowest BCUT2D eigenvalue weighted by molar-refractivity contribution is -0.124. The lowest BCUT2D eigenvalue weighted by Crippen LogP contribution is -2.39. The van der Waals surface area contributed by atoms with Crippen LogP contribution < -0.4 is 10.6 Å². The van der Waals surface area contributed by atoms with E-state index in [0.29, 0.717) is 12.2 Å². The van der Waals surface area contributed by atoms with Gasteiger partial charge in [0.25, 0.3) is 0 Å². The SMILES string of the molecule is Cc1ccc(CN(C)CC(=O)NCC(=O)Nc2ccc(F)cc2)cc1. The van der Waals surface area contributed by atoms with E-state index in [4.69, 9.17) is 0 Å². The fraction of sp³-hybridized carbons (Fsp3) is 0.263. The standard InChI is InChI=1S/C19H22FN3O2/c1-14-3-5-15(6-4-14)12-23(2)13-19(25)21-11-18(24)22-17-9-7-16(20)8-10-17/h3-10H,11-13H2,1-2H3,(H,21,25)(H,22,24). The van der Waals surface area contributed by atoms with Crippen LogP contribution in [0, 0.1) is 12.7 Å². The highest BCUT2D eigenvalue weighted by Gasteiger charge is 2.09. The molecule has 132 valence electrons. The maximum absolute atomic E-state index is 12.8. The van der Waals surface area contributed by atoms with Gasteiger partial charge in [0.05, 0.1) is 13.1 Å². The lowest BCUT2D eigenvalue weighted by atomic mass is 10.1. The van der Waals surface area contributed by atoms with Crippen LogP contribution in [0.1, 0.15) is 11.1 Å². The number of aryl methyl sites for hydroxylation is 1. The molecule has 0 unspecified atom stereocenters. The summed E-state index contributed by atoms with van der Waals surface area (Å²) in [6.45, 7) is 2.74. The Balaban J connectivity index is 1.71. The fourth-order valence-corrected chi connectivity index (χ4v) is 2.28. The molecule has 0 fully saturated rings. The Hall–Kier alpha value is -2.73. The molecule has 2 aromatic carbocycles. The summed E-state index contributed by atoms with van der Waals surface area (Å²) in [7, 11) is 1.85. The fourth-order valence-electron chi connectivity index (χ4n) is 2.28. The molecular formula is C19H22FN3O2. The minimum atomic E-state index is -0.372. The van der Waals surface area contributed by atoms with Crippen molar-refractivity contribution in [1.82, 2.24) is 10.2 Å². The Morgan fingerprint density at radius 2 is 1.64 bits per heavy atom. The van der Waals surface area contributed by atoms with Gasteiger partial charge in [0.2, 0.25) is 11.8 Å². The van der Waals surface area contributed by atoms with Gasteiger partial charge in [0.1, 0.15) is 5.82 Å². The number of nitrogens with zero attached hydrogens (tertiary/aromatic N) is 1.